The number of carboxylic acids is 1. The molecule has 2 aromatic carbocycles. The lowest BCUT2D eigenvalue weighted by Gasteiger charge is -2.32. The molecule has 38 heavy (non-hydrogen) atoms. The molecule has 0 unspecified atom stereocenters. The highest BCUT2D eigenvalue weighted by molar-refractivity contribution is 7.18. The van der Waals surface area contributed by atoms with Gasteiger partial charge >= 0.3 is 5.97 Å². The number of ether oxygens (including phenoxy) is 1. The summed E-state index contributed by atoms with van der Waals surface area (Å²) in [6, 6.07) is 5.30. The predicted molar refractivity (Wildman–Crippen MR) is 135 cm³/mol. The Hall–Kier alpha value is -3.64. The van der Waals surface area contributed by atoms with Crippen LogP contribution in [0.3, 0.4) is 0 Å². The number of aliphatic carboxylic acids is 1. The van der Waals surface area contributed by atoms with Crippen LogP contribution in [0.25, 0.3) is 10.2 Å². The molecule has 1 fully saturated rings. The molecule has 1 saturated heterocycles. The lowest BCUT2D eigenvalue weighted by Crippen LogP contribution is -2.47. The molecule has 1 aliphatic heterocycles. The zero-order valence-electron chi connectivity index (χ0n) is 20.8. The number of benzene rings is 2. The van der Waals surface area contributed by atoms with Crippen LogP contribution in [0.5, 0.6) is 5.75 Å². The van der Waals surface area contributed by atoms with Crippen molar-refractivity contribution in [2.75, 3.05) is 40.3 Å². The molecule has 200 valence electrons. The molecule has 5 rings (SSSR count). The van der Waals surface area contributed by atoms with E-state index in [1.54, 1.807) is 17.0 Å². The Morgan fingerprint density at radius 2 is 1.71 bits per heavy atom. The van der Waals surface area contributed by atoms with Gasteiger partial charge in [-0.25, -0.2) is 13.8 Å². The molecule has 0 spiro atoms. The van der Waals surface area contributed by atoms with Crippen molar-refractivity contribution in [2.45, 2.75) is 19.4 Å². The van der Waals surface area contributed by atoms with E-state index < -0.39 is 28.9 Å². The summed E-state index contributed by atoms with van der Waals surface area (Å²) in [4.78, 5) is 46.9. The minimum absolute atomic E-state index is 0.0453. The first-order chi connectivity index (χ1) is 18.1. The number of piperazine rings is 1. The topological polar surface area (TPSA) is 112 Å². The summed E-state index contributed by atoms with van der Waals surface area (Å²) < 4.78 is 33.6. The number of carboxylic acid groups (broad SMARTS) is 1. The second-order valence-electron chi connectivity index (χ2n) is 9.68. The summed E-state index contributed by atoms with van der Waals surface area (Å²) >= 11 is 1.28. The third kappa shape index (κ3) is 4.58. The Bertz CT molecular complexity index is 1420. The number of hydrogen-bond donors (Lipinski definition) is 2. The largest absolute Gasteiger partial charge is 0.496 e. The smallest absolute Gasteiger partial charge is 0.319 e. The summed E-state index contributed by atoms with van der Waals surface area (Å²) in [6.07, 6.45) is -0.481. The van der Waals surface area contributed by atoms with Gasteiger partial charge in [0.1, 0.15) is 10.8 Å². The zero-order chi connectivity index (χ0) is 27.2. The first kappa shape index (κ1) is 26.0. The maximum atomic E-state index is 13.7. The van der Waals surface area contributed by atoms with Crippen LogP contribution in [0.1, 0.15) is 26.5 Å². The van der Waals surface area contributed by atoms with Crippen molar-refractivity contribution in [2.24, 2.45) is 5.41 Å². The van der Waals surface area contributed by atoms with Crippen LogP contribution in [0.4, 0.5) is 8.78 Å². The fourth-order valence-corrected chi connectivity index (χ4v) is 5.92. The minimum Gasteiger partial charge on any atom is -0.496 e. The van der Waals surface area contributed by atoms with E-state index in [1.165, 1.54) is 18.4 Å². The molecule has 1 aliphatic carbocycles. The van der Waals surface area contributed by atoms with Gasteiger partial charge in [0, 0.05) is 32.2 Å². The SMILES string of the molecule is COc1cc2sc(CNC(=O)C3(C(=O)O)Cc4cc(F)c(F)cc4C3)nc2cc1C(=O)N1CCN(C)CC1. The molecule has 2 heterocycles. The lowest BCUT2D eigenvalue weighted by atomic mass is 9.83. The van der Waals surface area contributed by atoms with Crippen molar-refractivity contribution in [3.05, 3.63) is 57.6 Å². The number of nitrogens with one attached hydrogen (secondary N) is 1. The fourth-order valence-electron chi connectivity index (χ4n) is 5.00. The number of amides is 2. The standard InChI is InChI=1S/C26H26F2N4O5S/c1-31-3-5-32(6-4-31)23(33)16-9-19-21(10-20(16)37-2)38-22(30-19)13-29-24(34)26(25(35)36)11-14-7-17(27)18(28)8-15(14)12-26/h7-10H,3-6,11-13H2,1-2H3,(H,29,34)(H,35,36). The summed E-state index contributed by atoms with van der Waals surface area (Å²) in [6.45, 7) is 2.74. The number of methoxy groups -OCH3 is 1. The van der Waals surface area contributed by atoms with Gasteiger partial charge in [-0.2, -0.15) is 0 Å². The number of aromatic nitrogens is 1. The first-order valence-corrected chi connectivity index (χ1v) is 12.9. The van der Waals surface area contributed by atoms with Crippen molar-refractivity contribution >= 4 is 39.3 Å². The average molecular weight is 545 g/mol. The summed E-state index contributed by atoms with van der Waals surface area (Å²) in [5.41, 5.74) is -0.315. The molecular weight excluding hydrogens is 518 g/mol. The van der Waals surface area contributed by atoms with Gasteiger partial charge in [0.05, 0.1) is 29.4 Å². The van der Waals surface area contributed by atoms with E-state index in [-0.39, 0.29) is 25.3 Å². The summed E-state index contributed by atoms with van der Waals surface area (Å²) in [5, 5.41) is 13.1. The number of fused-ring (bicyclic) bond motifs is 2. The number of carbonyl (C=O) groups excluding carboxylic acids is 2. The highest BCUT2D eigenvalue weighted by Crippen LogP contribution is 2.39. The highest BCUT2D eigenvalue weighted by atomic mass is 32.1. The molecule has 9 nitrogen and oxygen atoms in total. The Labute approximate surface area is 221 Å². The lowest BCUT2D eigenvalue weighted by molar-refractivity contribution is -0.155. The van der Waals surface area contributed by atoms with Gasteiger partial charge in [-0.05, 0) is 49.2 Å². The fraction of sp³-hybridized carbons (Fsp3) is 0.385. The third-order valence-electron chi connectivity index (χ3n) is 7.25. The van der Waals surface area contributed by atoms with Gasteiger partial charge in [-0.3, -0.25) is 14.4 Å². The van der Waals surface area contributed by atoms with E-state index >= 15 is 0 Å². The summed E-state index contributed by atoms with van der Waals surface area (Å²) in [5.74, 6) is -4.01. The zero-order valence-corrected chi connectivity index (χ0v) is 21.7. The average Bonchev–Trinajstić information content (AvgIpc) is 3.48. The monoisotopic (exact) mass is 544 g/mol. The molecule has 1 aromatic heterocycles. The maximum absolute atomic E-state index is 13.7. The Balaban J connectivity index is 1.34. The molecule has 3 aromatic rings. The molecule has 2 N–H and O–H groups in total. The molecular formula is C26H26F2N4O5S. The third-order valence-corrected chi connectivity index (χ3v) is 8.26. The minimum atomic E-state index is -1.87. The van der Waals surface area contributed by atoms with Crippen molar-refractivity contribution < 1.29 is 33.0 Å². The Kier molecular flexibility index (Phi) is 6.78. The molecule has 2 amide bonds. The van der Waals surface area contributed by atoms with Crippen LogP contribution in [0, 0.1) is 17.0 Å². The highest BCUT2D eigenvalue weighted by Gasteiger charge is 2.50. The number of halogens is 2. The predicted octanol–water partition coefficient (Wildman–Crippen LogP) is 2.46. The number of hydrogen-bond acceptors (Lipinski definition) is 7. The van der Waals surface area contributed by atoms with Crippen molar-refractivity contribution in [3.8, 4) is 5.75 Å². The van der Waals surface area contributed by atoms with Gasteiger partial charge < -0.3 is 25.0 Å². The molecule has 0 saturated carbocycles. The van der Waals surface area contributed by atoms with Crippen molar-refractivity contribution in [1.29, 1.82) is 0 Å². The number of carbonyl (C=O) groups is 3. The molecule has 0 radical (unpaired) electrons. The Morgan fingerprint density at radius 3 is 2.29 bits per heavy atom. The second-order valence-corrected chi connectivity index (χ2v) is 10.8. The van der Waals surface area contributed by atoms with E-state index in [2.05, 4.69) is 15.2 Å². The van der Waals surface area contributed by atoms with Crippen LogP contribution in [0.2, 0.25) is 0 Å². The molecule has 2 aliphatic rings. The summed E-state index contributed by atoms with van der Waals surface area (Å²) in [7, 11) is 3.50. The van der Waals surface area contributed by atoms with Crippen LogP contribution >= 0.6 is 11.3 Å². The van der Waals surface area contributed by atoms with Crippen LogP contribution in [-0.4, -0.2) is 78.0 Å². The number of thiazole rings is 1. The van der Waals surface area contributed by atoms with Gasteiger partial charge in [0.2, 0.25) is 5.91 Å². The van der Waals surface area contributed by atoms with Crippen LogP contribution < -0.4 is 10.1 Å². The van der Waals surface area contributed by atoms with Crippen molar-refractivity contribution in [3.63, 3.8) is 0 Å². The number of nitrogens with zero attached hydrogens (tertiary/aromatic N) is 3. The van der Waals surface area contributed by atoms with E-state index in [4.69, 9.17) is 4.74 Å². The van der Waals surface area contributed by atoms with E-state index in [0.717, 1.165) is 29.9 Å². The first-order valence-electron chi connectivity index (χ1n) is 12.0. The maximum Gasteiger partial charge on any atom is 0.319 e. The van der Waals surface area contributed by atoms with E-state index in [0.29, 0.717) is 46.1 Å². The normalized spacial score (nSPS) is 16.9. The second kappa shape index (κ2) is 9.91. The van der Waals surface area contributed by atoms with Crippen molar-refractivity contribution in [1.82, 2.24) is 20.1 Å². The van der Waals surface area contributed by atoms with E-state index in [9.17, 15) is 28.3 Å². The van der Waals surface area contributed by atoms with E-state index in [1.807, 2.05) is 7.05 Å². The van der Waals surface area contributed by atoms with Gasteiger partial charge in [0.25, 0.3) is 5.91 Å². The van der Waals surface area contributed by atoms with Crippen LogP contribution in [-0.2, 0) is 29.0 Å². The van der Waals surface area contributed by atoms with Crippen LogP contribution in [0.15, 0.2) is 24.3 Å². The molecule has 12 heteroatoms. The molecule has 0 bridgehead atoms. The van der Waals surface area contributed by atoms with Gasteiger partial charge in [-0.15, -0.1) is 11.3 Å². The number of likely N-dealkylation sites (N-methyl/N-ethyl adjacent to an activating group) is 1. The van der Waals surface area contributed by atoms with Gasteiger partial charge in [-0.1, -0.05) is 0 Å². The van der Waals surface area contributed by atoms with Gasteiger partial charge in [0.15, 0.2) is 17.0 Å². The number of rotatable bonds is 6. The molecule has 0 atom stereocenters. The quantitative estimate of drug-likeness (QED) is 0.459. The Morgan fingerprint density at radius 1 is 1.08 bits per heavy atom.